The molecular weight excluding hydrogens is 254 g/mol. The number of rotatable bonds is 3. The lowest BCUT2D eigenvalue weighted by atomic mass is 10.1. The molecule has 96 valence electrons. The van der Waals surface area contributed by atoms with E-state index in [2.05, 4.69) is 11.9 Å². The lowest BCUT2D eigenvalue weighted by Crippen LogP contribution is -2.47. The van der Waals surface area contributed by atoms with Crippen molar-refractivity contribution in [3.8, 4) is 0 Å². The van der Waals surface area contributed by atoms with Gasteiger partial charge in [-0.1, -0.05) is 17.9 Å². The summed E-state index contributed by atoms with van der Waals surface area (Å²) in [5, 5.41) is 14.0. The lowest BCUT2D eigenvalue weighted by molar-refractivity contribution is -0.380. The van der Waals surface area contributed by atoms with E-state index in [-0.39, 0.29) is 17.0 Å². The highest BCUT2D eigenvalue weighted by atomic mass is 32.1. The van der Waals surface area contributed by atoms with Crippen LogP contribution in [0.4, 0.5) is 5.00 Å². The number of piperazine rings is 1. The molecule has 0 spiro atoms. The summed E-state index contributed by atoms with van der Waals surface area (Å²) in [6.07, 6.45) is 1.29. The molecule has 1 aliphatic rings. The Bertz CT molecular complexity index is 486. The maximum atomic E-state index is 11.5. The van der Waals surface area contributed by atoms with Gasteiger partial charge in [0, 0.05) is 30.6 Å². The van der Waals surface area contributed by atoms with Gasteiger partial charge >= 0.3 is 5.00 Å². The molecule has 1 atom stereocenters. The highest BCUT2D eigenvalue weighted by Crippen LogP contribution is 2.30. The molecule has 0 bridgehead atoms. The van der Waals surface area contributed by atoms with Crippen molar-refractivity contribution in [2.24, 2.45) is 0 Å². The first-order chi connectivity index (χ1) is 8.61. The van der Waals surface area contributed by atoms with Gasteiger partial charge in [-0.3, -0.25) is 14.9 Å². The second-order valence-corrected chi connectivity index (χ2v) is 5.02. The summed E-state index contributed by atoms with van der Waals surface area (Å²) in [6, 6.07) is 3.19. The van der Waals surface area contributed by atoms with Crippen molar-refractivity contribution in [2.45, 2.75) is 6.04 Å². The van der Waals surface area contributed by atoms with Gasteiger partial charge < -0.3 is 10.2 Å². The molecule has 0 saturated carbocycles. The number of carbonyl (C=O) groups is 1. The van der Waals surface area contributed by atoms with Gasteiger partial charge in [0.25, 0.3) is 0 Å². The van der Waals surface area contributed by atoms with E-state index in [0.29, 0.717) is 19.6 Å². The molecule has 1 saturated heterocycles. The minimum absolute atomic E-state index is 0.0404. The summed E-state index contributed by atoms with van der Waals surface area (Å²) >= 11 is 1.14. The monoisotopic (exact) mass is 267 g/mol. The van der Waals surface area contributed by atoms with Crippen LogP contribution in [0.25, 0.3) is 0 Å². The molecule has 0 aromatic carbocycles. The molecule has 1 N–H and O–H groups in total. The van der Waals surface area contributed by atoms with E-state index in [1.54, 1.807) is 11.0 Å². The first kappa shape index (κ1) is 12.7. The van der Waals surface area contributed by atoms with Gasteiger partial charge in [0.2, 0.25) is 5.91 Å². The number of hydrogen-bond donors (Lipinski definition) is 1. The Hall–Kier alpha value is -1.73. The maximum Gasteiger partial charge on any atom is 0.324 e. The highest BCUT2D eigenvalue weighted by molar-refractivity contribution is 7.15. The Morgan fingerprint density at radius 2 is 2.44 bits per heavy atom. The Morgan fingerprint density at radius 3 is 3.06 bits per heavy atom. The third-order valence-electron chi connectivity index (χ3n) is 2.80. The number of hydrogen-bond acceptors (Lipinski definition) is 5. The van der Waals surface area contributed by atoms with E-state index in [4.69, 9.17) is 0 Å². The molecule has 1 aromatic heterocycles. The van der Waals surface area contributed by atoms with E-state index in [1.165, 1.54) is 12.1 Å². The third kappa shape index (κ3) is 2.57. The second kappa shape index (κ2) is 5.28. The van der Waals surface area contributed by atoms with Crippen molar-refractivity contribution in [1.82, 2.24) is 10.2 Å². The standard InChI is InChI=1S/C11H13N3O3S/c1-2-10(15)13-6-5-12-8(7-13)9-3-4-11(18-9)14(16)17/h2-4,8,12H,1,5-7H2. The predicted octanol–water partition coefficient (Wildman–Crippen LogP) is 1.32. The van der Waals surface area contributed by atoms with Gasteiger partial charge in [-0.15, -0.1) is 0 Å². The van der Waals surface area contributed by atoms with E-state index in [0.717, 1.165) is 16.2 Å². The minimum atomic E-state index is -0.399. The van der Waals surface area contributed by atoms with Crippen molar-refractivity contribution in [2.75, 3.05) is 19.6 Å². The van der Waals surface area contributed by atoms with Gasteiger partial charge in [0.15, 0.2) is 0 Å². The lowest BCUT2D eigenvalue weighted by Gasteiger charge is -2.32. The van der Waals surface area contributed by atoms with Crippen LogP contribution in [0.15, 0.2) is 24.8 Å². The van der Waals surface area contributed by atoms with Gasteiger partial charge in [0.05, 0.1) is 11.0 Å². The Morgan fingerprint density at radius 1 is 1.67 bits per heavy atom. The van der Waals surface area contributed by atoms with Crippen molar-refractivity contribution in [1.29, 1.82) is 0 Å². The summed E-state index contributed by atoms with van der Waals surface area (Å²) in [5.74, 6) is -0.104. The average Bonchev–Trinajstić information content (AvgIpc) is 2.88. The fraction of sp³-hybridized carbons (Fsp3) is 0.364. The van der Waals surface area contributed by atoms with Crippen LogP contribution in [0.2, 0.25) is 0 Å². The number of nitrogens with one attached hydrogen (secondary N) is 1. The summed E-state index contributed by atoms with van der Waals surface area (Å²) in [6.45, 7) is 5.29. The van der Waals surface area contributed by atoms with Crippen LogP contribution in [0.1, 0.15) is 10.9 Å². The quantitative estimate of drug-likeness (QED) is 0.509. The van der Waals surface area contributed by atoms with Crippen molar-refractivity contribution in [3.05, 3.63) is 39.8 Å². The summed E-state index contributed by atoms with van der Waals surface area (Å²) < 4.78 is 0. The molecule has 0 radical (unpaired) electrons. The third-order valence-corrected chi connectivity index (χ3v) is 3.95. The molecule has 7 heteroatoms. The normalized spacial score (nSPS) is 19.6. The summed E-state index contributed by atoms with van der Waals surface area (Å²) in [7, 11) is 0. The predicted molar refractivity (Wildman–Crippen MR) is 68.5 cm³/mol. The number of thiophene rings is 1. The van der Waals surface area contributed by atoms with E-state index in [1.807, 2.05) is 0 Å². The number of amides is 1. The molecule has 1 amide bonds. The first-order valence-electron chi connectivity index (χ1n) is 5.50. The van der Waals surface area contributed by atoms with E-state index in [9.17, 15) is 14.9 Å². The minimum Gasteiger partial charge on any atom is -0.336 e. The molecule has 1 unspecified atom stereocenters. The Kier molecular flexibility index (Phi) is 3.73. The van der Waals surface area contributed by atoms with Crippen LogP contribution < -0.4 is 5.32 Å². The second-order valence-electron chi connectivity index (χ2n) is 3.93. The molecule has 6 nitrogen and oxygen atoms in total. The summed E-state index contributed by atoms with van der Waals surface area (Å²) in [5.41, 5.74) is 0. The van der Waals surface area contributed by atoms with Crippen molar-refractivity contribution >= 4 is 22.2 Å². The van der Waals surface area contributed by atoms with Gasteiger partial charge in [-0.25, -0.2) is 0 Å². The highest BCUT2D eigenvalue weighted by Gasteiger charge is 2.25. The average molecular weight is 267 g/mol. The zero-order valence-electron chi connectivity index (χ0n) is 9.67. The van der Waals surface area contributed by atoms with E-state index >= 15 is 0 Å². The van der Waals surface area contributed by atoms with E-state index < -0.39 is 4.92 Å². The number of nitro groups is 1. The van der Waals surface area contributed by atoms with Crippen LogP contribution in [0.3, 0.4) is 0 Å². The Balaban J connectivity index is 2.10. The fourth-order valence-electron chi connectivity index (χ4n) is 1.90. The van der Waals surface area contributed by atoms with Gasteiger partial charge in [0.1, 0.15) is 0 Å². The fourth-order valence-corrected chi connectivity index (χ4v) is 2.79. The Labute approximate surface area is 108 Å². The van der Waals surface area contributed by atoms with Gasteiger partial charge in [-0.2, -0.15) is 0 Å². The van der Waals surface area contributed by atoms with Crippen LogP contribution in [-0.2, 0) is 4.79 Å². The summed E-state index contributed by atoms with van der Waals surface area (Å²) in [4.78, 5) is 24.3. The van der Waals surface area contributed by atoms with Crippen LogP contribution in [-0.4, -0.2) is 35.4 Å². The molecule has 1 fully saturated rings. The zero-order valence-corrected chi connectivity index (χ0v) is 10.5. The molecule has 18 heavy (non-hydrogen) atoms. The number of nitrogens with zero attached hydrogens (tertiary/aromatic N) is 2. The van der Waals surface area contributed by atoms with Crippen LogP contribution >= 0.6 is 11.3 Å². The van der Waals surface area contributed by atoms with Crippen molar-refractivity contribution < 1.29 is 9.72 Å². The smallest absolute Gasteiger partial charge is 0.324 e. The van der Waals surface area contributed by atoms with Crippen molar-refractivity contribution in [3.63, 3.8) is 0 Å². The molecule has 2 heterocycles. The van der Waals surface area contributed by atoms with Crippen LogP contribution in [0, 0.1) is 10.1 Å². The molecule has 1 aliphatic heterocycles. The largest absolute Gasteiger partial charge is 0.336 e. The molecular formula is C11H13N3O3S. The SMILES string of the molecule is C=CC(=O)N1CCNC(c2ccc([N+](=O)[O-])s2)C1. The molecule has 1 aromatic rings. The topological polar surface area (TPSA) is 75.5 Å². The maximum absolute atomic E-state index is 11.5. The molecule has 2 rings (SSSR count). The van der Waals surface area contributed by atoms with Crippen LogP contribution in [0.5, 0.6) is 0 Å². The number of carbonyl (C=O) groups excluding carboxylic acids is 1. The molecule has 0 aliphatic carbocycles. The van der Waals surface area contributed by atoms with Gasteiger partial charge in [-0.05, 0) is 12.1 Å². The first-order valence-corrected chi connectivity index (χ1v) is 6.32. The zero-order chi connectivity index (χ0) is 13.1.